The molecule has 0 saturated carbocycles. The molecular weight excluding hydrogens is 228 g/mol. The van der Waals surface area contributed by atoms with Gasteiger partial charge >= 0.3 is 0 Å². The van der Waals surface area contributed by atoms with Gasteiger partial charge in [0.15, 0.2) is 5.82 Å². The summed E-state index contributed by atoms with van der Waals surface area (Å²) in [4.78, 5) is 4.43. The third kappa shape index (κ3) is 3.30. The summed E-state index contributed by atoms with van der Waals surface area (Å²) in [5, 5.41) is 7.13. The van der Waals surface area contributed by atoms with Crippen molar-refractivity contribution in [2.75, 3.05) is 13.7 Å². The van der Waals surface area contributed by atoms with Crippen molar-refractivity contribution in [3.05, 3.63) is 41.5 Å². The number of aryl methyl sites for hydroxylation is 1. The largest absolute Gasteiger partial charge is 0.497 e. The lowest BCUT2D eigenvalue weighted by Gasteiger charge is -2.01. The topological polar surface area (TPSA) is 76.8 Å². The van der Waals surface area contributed by atoms with E-state index in [9.17, 15) is 0 Å². The standard InChI is InChI=1S/C13H18N4O/c1-18-11-6-4-10(5-7-11)9-13-15-12(16-17-13)3-2-8-14/h4-7H,2-3,8-9,14H2,1H3,(H,15,16,17). The van der Waals surface area contributed by atoms with Crippen molar-refractivity contribution >= 4 is 0 Å². The summed E-state index contributed by atoms with van der Waals surface area (Å²) in [6.45, 7) is 0.669. The highest BCUT2D eigenvalue weighted by atomic mass is 16.5. The maximum atomic E-state index is 5.46. The van der Waals surface area contributed by atoms with Gasteiger partial charge in [-0.3, -0.25) is 5.10 Å². The first-order valence-corrected chi connectivity index (χ1v) is 6.05. The van der Waals surface area contributed by atoms with E-state index in [1.807, 2.05) is 24.3 Å². The Bertz CT molecular complexity index is 478. The number of benzene rings is 1. The molecule has 1 heterocycles. The average Bonchev–Trinajstić information content (AvgIpc) is 2.85. The van der Waals surface area contributed by atoms with E-state index in [-0.39, 0.29) is 0 Å². The number of rotatable bonds is 6. The molecule has 0 saturated heterocycles. The molecule has 1 aromatic heterocycles. The van der Waals surface area contributed by atoms with E-state index < -0.39 is 0 Å². The van der Waals surface area contributed by atoms with Gasteiger partial charge in [-0.1, -0.05) is 12.1 Å². The molecule has 0 aliphatic rings. The zero-order chi connectivity index (χ0) is 12.8. The second-order valence-electron chi connectivity index (χ2n) is 4.12. The molecule has 5 heteroatoms. The number of ether oxygens (including phenoxy) is 1. The van der Waals surface area contributed by atoms with Gasteiger partial charge in [0.05, 0.1) is 7.11 Å². The highest BCUT2D eigenvalue weighted by molar-refractivity contribution is 5.28. The summed E-state index contributed by atoms with van der Waals surface area (Å²) in [7, 11) is 1.66. The zero-order valence-corrected chi connectivity index (χ0v) is 10.5. The first-order valence-electron chi connectivity index (χ1n) is 6.05. The molecule has 5 nitrogen and oxygen atoms in total. The molecule has 0 radical (unpaired) electrons. The molecule has 96 valence electrons. The van der Waals surface area contributed by atoms with Crippen LogP contribution < -0.4 is 10.5 Å². The molecule has 0 amide bonds. The van der Waals surface area contributed by atoms with Crippen LogP contribution in [-0.2, 0) is 12.8 Å². The summed E-state index contributed by atoms with van der Waals surface area (Å²) in [5.41, 5.74) is 6.63. The number of nitrogens with zero attached hydrogens (tertiary/aromatic N) is 2. The fourth-order valence-electron chi connectivity index (χ4n) is 1.72. The second kappa shape index (κ2) is 6.16. The van der Waals surface area contributed by atoms with Crippen molar-refractivity contribution in [1.82, 2.24) is 15.2 Å². The van der Waals surface area contributed by atoms with Crippen LogP contribution in [0.4, 0.5) is 0 Å². The average molecular weight is 246 g/mol. The Morgan fingerprint density at radius 3 is 2.72 bits per heavy atom. The van der Waals surface area contributed by atoms with Crippen LogP contribution in [0.1, 0.15) is 23.6 Å². The Hall–Kier alpha value is -1.88. The quantitative estimate of drug-likeness (QED) is 0.805. The van der Waals surface area contributed by atoms with Crippen LogP contribution in [0.15, 0.2) is 24.3 Å². The highest BCUT2D eigenvalue weighted by Gasteiger charge is 2.04. The summed E-state index contributed by atoms with van der Waals surface area (Å²) in [6, 6.07) is 7.95. The van der Waals surface area contributed by atoms with Crippen LogP contribution in [0.25, 0.3) is 0 Å². The Morgan fingerprint density at radius 1 is 1.28 bits per heavy atom. The number of methoxy groups -OCH3 is 1. The van der Waals surface area contributed by atoms with Crippen LogP contribution in [0, 0.1) is 0 Å². The number of hydrogen-bond acceptors (Lipinski definition) is 4. The number of nitrogens with two attached hydrogens (primary N) is 1. The number of aromatic nitrogens is 3. The molecule has 2 aromatic rings. The fraction of sp³-hybridized carbons (Fsp3) is 0.385. The van der Waals surface area contributed by atoms with Gasteiger partial charge < -0.3 is 10.5 Å². The molecule has 3 N–H and O–H groups in total. The van der Waals surface area contributed by atoms with Crippen molar-refractivity contribution in [1.29, 1.82) is 0 Å². The first kappa shape index (κ1) is 12.6. The van der Waals surface area contributed by atoms with E-state index in [0.29, 0.717) is 6.54 Å². The SMILES string of the molecule is COc1ccc(Cc2nc(CCCN)n[nH]2)cc1. The molecule has 18 heavy (non-hydrogen) atoms. The van der Waals surface area contributed by atoms with Crippen LogP contribution >= 0.6 is 0 Å². The van der Waals surface area contributed by atoms with Gasteiger partial charge in [-0.05, 0) is 30.7 Å². The van der Waals surface area contributed by atoms with Gasteiger partial charge in [-0.25, -0.2) is 4.98 Å². The third-order valence-corrected chi connectivity index (χ3v) is 2.71. The number of H-pyrrole nitrogens is 1. The molecule has 1 aromatic carbocycles. The predicted molar refractivity (Wildman–Crippen MR) is 69.6 cm³/mol. The Morgan fingerprint density at radius 2 is 2.06 bits per heavy atom. The van der Waals surface area contributed by atoms with Crippen molar-refractivity contribution in [2.45, 2.75) is 19.3 Å². The van der Waals surface area contributed by atoms with Crippen LogP contribution in [-0.4, -0.2) is 28.8 Å². The van der Waals surface area contributed by atoms with Gasteiger partial charge in [0.25, 0.3) is 0 Å². The van der Waals surface area contributed by atoms with Gasteiger partial charge in [0, 0.05) is 12.8 Å². The van der Waals surface area contributed by atoms with Crippen LogP contribution in [0.3, 0.4) is 0 Å². The number of aromatic amines is 1. The molecular formula is C13H18N4O. The van der Waals surface area contributed by atoms with Gasteiger partial charge in [0.1, 0.15) is 11.6 Å². The Labute approximate surface area is 106 Å². The lowest BCUT2D eigenvalue weighted by atomic mass is 10.1. The number of nitrogens with one attached hydrogen (secondary N) is 1. The lowest BCUT2D eigenvalue weighted by molar-refractivity contribution is 0.414. The van der Waals surface area contributed by atoms with E-state index in [1.165, 1.54) is 5.56 Å². The summed E-state index contributed by atoms with van der Waals surface area (Å²) >= 11 is 0. The van der Waals surface area contributed by atoms with E-state index in [1.54, 1.807) is 7.11 Å². The highest BCUT2D eigenvalue weighted by Crippen LogP contribution is 2.13. The smallest absolute Gasteiger partial charge is 0.150 e. The molecule has 0 spiro atoms. The third-order valence-electron chi connectivity index (χ3n) is 2.71. The Kier molecular flexibility index (Phi) is 4.30. The molecule has 2 rings (SSSR count). The zero-order valence-electron chi connectivity index (χ0n) is 10.5. The maximum Gasteiger partial charge on any atom is 0.150 e. The summed E-state index contributed by atoms with van der Waals surface area (Å²) in [6.07, 6.45) is 2.50. The van der Waals surface area contributed by atoms with Crippen LogP contribution in [0.5, 0.6) is 5.75 Å². The molecule has 0 fully saturated rings. The van der Waals surface area contributed by atoms with Crippen LogP contribution in [0.2, 0.25) is 0 Å². The van der Waals surface area contributed by atoms with Gasteiger partial charge in [0.2, 0.25) is 0 Å². The molecule has 0 atom stereocenters. The van der Waals surface area contributed by atoms with E-state index in [2.05, 4.69) is 15.2 Å². The lowest BCUT2D eigenvalue weighted by Crippen LogP contribution is -2.01. The second-order valence-corrected chi connectivity index (χ2v) is 4.12. The summed E-state index contributed by atoms with van der Waals surface area (Å²) in [5.74, 6) is 2.58. The van der Waals surface area contributed by atoms with Crippen molar-refractivity contribution in [3.8, 4) is 5.75 Å². The van der Waals surface area contributed by atoms with Gasteiger partial charge in [-0.2, -0.15) is 5.10 Å². The minimum Gasteiger partial charge on any atom is -0.497 e. The monoisotopic (exact) mass is 246 g/mol. The fourth-order valence-corrected chi connectivity index (χ4v) is 1.72. The molecule has 0 aliphatic carbocycles. The Balaban J connectivity index is 1.97. The first-order chi connectivity index (χ1) is 8.81. The van der Waals surface area contributed by atoms with Crippen molar-refractivity contribution in [2.24, 2.45) is 5.73 Å². The maximum absolute atomic E-state index is 5.46. The minimum absolute atomic E-state index is 0.669. The minimum atomic E-state index is 0.669. The van der Waals surface area contributed by atoms with E-state index >= 15 is 0 Å². The predicted octanol–water partition coefficient (Wildman–Crippen LogP) is 1.30. The van der Waals surface area contributed by atoms with Gasteiger partial charge in [-0.15, -0.1) is 0 Å². The van der Waals surface area contributed by atoms with Crippen molar-refractivity contribution < 1.29 is 4.74 Å². The molecule has 0 aliphatic heterocycles. The molecule has 0 bridgehead atoms. The normalized spacial score (nSPS) is 10.6. The van der Waals surface area contributed by atoms with E-state index in [4.69, 9.17) is 10.5 Å². The van der Waals surface area contributed by atoms with E-state index in [0.717, 1.165) is 36.7 Å². The summed E-state index contributed by atoms with van der Waals surface area (Å²) < 4.78 is 5.12. The molecule has 0 unspecified atom stereocenters. The van der Waals surface area contributed by atoms with Crippen molar-refractivity contribution in [3.63, 3.8) is 0 Å². The number of hydrogen-bond donors (Lipinski definition) is 2.